The number of hydrogen-bond donors (Lipinski definition) is 7. The Bertz CT molecular complexity index is 792. The van der Waals surface area contributed by atoms with Crippen molar-refractivity contribution in [1.29, 1.82) is 0 Å². The van der Waals surface area contributed by atoms with E-state index in [0.717, 1.165) is 0 Å². The maximum absolute atomic E-state index is 13.0. The third-order valence-corrected chi connectivity index (χ3v) is 5.70. The van der Waals surface area contributed by atoms with Gasteiger partial charge >= 0.3 is 11.9 Å². The number of nitrogens with two attached hydrogens (primary N) is 3. The monoisotopic (exact) mass is 500 g/mol. The van der Waals surface area contributed by atoms with Crippen molar-refractivity contribution < 1.29 is 39.0 Å². The van der Waals surface area contributed by atoms with Crippen LogP contribution in [0.2, 0.25) is 0 Å². The summed E-state index contributed by atoms with van der Waals surface area (Å²) in [4.78, 5) is 73.2. The average molecular weight is 501 g/mol. The molecule has 14 heteroatoms. The van der Waals surface area contributed by atoms with Crippen LogP contribution in [0.15, 0.2) is 0 Å². The minimum absolute atomic E-state index is 0.0939. The largest absolute Gasteiger partial charge is 0.481 e. The van der Waals surface area contributed by atoms with E-state index in [9.17, 15) is 33.9 Å². The van der Waals surface area contributed by atoms with Crippen LogP contribution in [0.1, 0.15) is 57.8 Å². The quantitative estimate of drug-likeness (QED) is 0.111. The van der Waals surface area contributed by atoms with Crippen LogP contribution in [0.5, 0.6) is 0 Å². The highest BCUT2D eigenvalue weighted by atomic mass is 16.4. The molecule has 10 N–H and O–H groups in total. The van der Waals surface area contributed by atoms with E-state index in [4.69, 9.17) is 22.3 Å². The van der Waals surface area contributed by atoms with E-state index in [1.807, 2.05) is 0 Å². The second-order valence-electron chi connectivity index (χ2n) is 8.48. The molecule has 14 nitrogen and oxygen atoms in total. The summed E-state index contributed by atoms with van der Waals surface area (Å²) >= 11 is 0. The fraction of sp³-hybridized carbons (Fsp3) is 0.714. The lowest BCUT2D eigenvalue weighted by molar-refractivity contribution is -0.143. The molecule has 0 aromatic carbocycles. The highest BCUT2D eigenvalue weighted by Crippen LogP contribution is 2.19. The van der Waals surface area contributed by atoms with Crippen LogP contribution in [-0.4, -0.2) is 87.9 Å². The molecule has 0 aliphatic carbocycles. The number of carboxylic acid groups (broad SMARTS) is 2. The van der Waals surface area contributed by atoms with Gasteiger partial charge in [-0.25, -0.2) is 4.79 Å². The summed E-state index contributed by atoms with van der Waals surface area (Å²) in [6.07, 6.45) is 1.16. The van der Waals surface area contributed by atoms with Gasteiger partial charge in [0.1, 0.15) is 18.1 Å². The molecule has 4 atom stereocenters. The Hall–Kier alpha value is -3.26. The Labute approximate surface area is 202 Å². The van der Waals surface area contributed by atoms with Crippen molar-refractivity contribution in [2.75, 3.05) is 13.1 Å². The van der Waals surface area contributed by atoms with Gasteiger partial charge in [0.25, 0.3) is 0 Å². The van der Waals surface area contributed by atoms with E-state index >= 15 is 0 Å². The van der Waals surface area contributed by atoms with Gasteiger partial charge in [-0.3, -0.25) is 24.0 Å². The van der Waals surface area contributed by atoms with E-state index in [-0.39, 0.29) is 38.6 Å². The Morgan fingerprint density at radius 1 is 0.943 bits per heavy atom. The molecule has 198 valence electrons. The number of rotatable bonds is 16. The first kappa shape index (κ1) is 29.8. The lowest BCUT2D eigenvalue weighted by Gasteiger charge is -2.28. The molecule has 0 aromatic heterocycles. The van der Waals surface area contributed by atoms with Crippen molar-refractivity contribution in [1.82, 2.24) is 15.5 Å². The summed E-state index contributed by atoms with van der Waals surface area (Å²) in [6.45, 7) is 0.603. The lowest BCUT2D eigenvalue weighted by Crippen LogP contribution is -2.56. The van der Waals surface area contributed by atoms with Gasteiger partial charge < -0.3 is 42.9 Å². The summed E-state index contributed by atoms with van der Waals surface area (Å²) in [5.74, 6) is -5.10. The Kier molecular flexibility index (Phi) is 12.7. The van der Waals surface area contributed by atoms with E-state index in [1.165, 1.54) is 4.90 Å². The van der Waals surface area contributed by atoms with Crippen LogP contribution >= 0.6 is 0 Å². The third kappa shape index (κ3) is 10.3. The SMILES string of the molecule is NCCCCC(NC(=O)C(CCC(N)=O)NC(=O)C1CCCN1C(=O)C(N)CCC(=O)O)C(=O)O. The number of unbranched alkanes of at least 4 members (excludes halogenated alkanes) is 1. The smallest absolute Gasteiger partial charge is 0.326 e. The molecule has 1 fully saturated rings. The number of likely N-dealkylation sites (tertiary alicyclic amines) is 1. The highest BCUT2D eigenvalue weighted by Gasteiger charge is 2.38. The molecule has 4 amide bonds. The first-order chi connectivity index (χ1) is 16.5. The fourth-order valence-electron chi connectivity index (χ4n) is 3.76. The van der Waals surface area contributed by atoms with Gasteiger partial charge in [0, 0.05) is 19.4 Å². The van der Waals surface area contributed by atoms with E-state index in [2.05, 4.69) is 10.6 Å². The predicted octanol–water partition coefficient (Wildman–Crippen LogP) is -2.38. The molecule has 4 unspecified atom stereocenters. The minimum atomic E-state index is -1.26. The van der Waals surface area contributed by atoms with E-state index in [1.54, 1.807) is 0 Å². The Morgan fingerprint density at radius 3 is 2.20 bits per heavy atom. The second-order valence-corrected chi connectivity index (χ2v) is 8.48. The predicted molar refractivity (Wildman–Crippen MR) is 122 cm³/mol. The van der Waals surface area contributed by atoms with Gasteiger partial charge in [0.15, 0.2) is 0 Å². The van der Waals surface area contributed by atoms with Crippen molar-refractivity contribution in [3.05, 3.63) is 0 Å². The van der Waals surface area contributed by atoms with Crippen molar-refractivity contribution in [2.24, 2.45) is 17.2 Å². The molecule has 0 bridgehead atoms. The molecule has 0 saturated carbocycles. The molecule has 1 saturated heterocycles. The number of amides is 4. The summed E-state index contributed by atoms with van der Waals surface area (Å²) in [5, 5.41) is 23.1. The molecule has 1 rings (SSSR count). The van der Waals surface area contributed by atoms with Gasteiger partial charge in [-0.05, 0) is 51.5 Å². The van der Waals surface area contributed by atoms with Crippen LogP contribution < -0.4 is 27.8 Å². The molecular weight excluding hydrogens is 464 g/mol. The Balaban J connectivity index is 2.90. The molecule has 0 spiro atoms. The van der Waals surface area contributed by atoms with Crippen molar-refractivity contribution in [2.45, 2.75) is 82.0 Å². The van der Waals surface area contributed by atoms with Gasteiger partial charge in [-0.1, -0.05) is 0 Å². The number of carbonyl (C=O) groups is 6. The molecule has 35 heavy (non-hydrogen) atoms. The molecule has 0 aromatic rings. The molecule has 1 aliphatic heterocycles. The topological polar surface area (TPSA) is 248 Å². The zero-order chi connectivity index (χ0) is 26.5. The van der Waals surface area contributed by atoms with Crippen molar-refractivity contribution in [3.8, 4) is 0 Å². The summed E-state index contributed by atoms with van der Waals surface area (Å²) in [6, 6.07) is -4.51. The van der Waals surface area contributed by atoms with Crippen LogP contribution in [0, 0.1) is 0 Å². The lowest BCUT2D eigenvalue weighted by atomic mass is 10.1. The zero-order valence-corrected chi connectivity index (χ0v) is 19.6. The van der Waals surface area contributed by atoms with Gasteiger partial charge in [0.05, 0.1) is 6.04 Å². The maximum Gasteiger partial charge on any atom is 0.326 e. The van der Waals surface area contributed by atoms with E-state index < -0.39 is 59.7 Å². The normalized spacial score (nSPS) is 17.8. The molecular formula is C21H36N6O8. The number of nitrogens with one attached hydrogen (secondary N) is 2. The standard InChI is InChI=1S/C21H36N6O8/c22-10-2-1-4-14(21(34)35)26-18(31)13(7-8-16(24)28)25-19(32)15-5-3-11-27(15)20(33)12(23)6-9-17(29)30/h12-15H,1-11,22-23H2,(H2,24,28)(H,25,32)(H,26,31)(H,29,30)(H,34,35). The Morgan fingerprint density at radius 2 is 1.63 bits per heavy atom. The molecule has 1 heterocycles. The number of aliphatic carboxylic acids is 2. The van der Waals surface area contributed by atoms with Crippen LogP contribution in [0.4, 0.5) is 0 Å². The van der Waals surface area contributed by atoms with Gasteiger partial charge in [-0.15, -0.1) is 0 Å². The average Bonchev–Trinajstić information content (AvgIpc) is 3.28. The summed E-state index contributed by atoms with van der Waals surface area (Å²) in [7, 11) is 0. The zero-order valence-electron chi connectivity index (χ0n) is 19.6. The van der Waals surface area contributed by atoms with Gasteiger partial charge in [0.2, 0.25) is 23.6 Å². The van der Waals surface area contributed by atoms with Crippen LogP contribution in [0.25, 0.3) is 0 Å². The van der Waals surface area contributed by atoms with Crippen molar-refractivity contribution in [3.63, 3.8) is 0 Å². The highest BCUT2D eigenvalue weighted by molar-refractivity contribution is 5.94. The molecule has 0 radical (unpaired) electrons. The number of nitrogens with zero attached hydrogens (tertiary/aromatic N) is 1. The summed E-state index contributed by atoms with van der Waals surface area (Å²) < 4.78 is 0. The number of carbonyl (C=O) groups excluding carboxylic acids is 4. The third-order valence-electron chi connectivity index (χ3n) is 5.70. The minimum Gasteiger partial charge on any atom is -0.481 e. The van der Waals surface area contributed by atoms with Crippen molar-refractivity contribution >= 4 is 35.6 Å². The number of hydrogen-bond acceptors (Lipinski definition) is 8. The molecule has 1 aliphatic rings. The first-order valence-electron chi connectivity index (χ1n) is 11.6. The second kappa shape index (κ2) is 14.9. The van der Waals surface area contributed by atoms with Crippen LogP contribution in [-0.2, 0) is 28.8 Å². The summed E-state index contributed by atoms with van der Waals surface area (Å²) in [5.41, 5.74) is 16.4. The van der Waals surface area contributed by atoms with Gasteiger partial charge in [-0.2, -0.15) is 0 Å². The first-order valence-corrected chi connectivity index (χ1v) is 11.6. The van der Waals surface area contributed by atoms with Crippen LogP contribution in [0.3, 0.4) is 0 Å². The number of carboxylic acids is 2. The maximum atomic E-state index is 13.0. The fourth-order valence-corrected chi connectivity index (χ4v) is 3.76. The van der Waals surface area contributed by atoms with E-state index in [0.29, 0.717) is 32.2 Å². The number of primary amides is 1.